The van der Waals surface area contributed by atoms with Crippen LogP contribution in [0.2, 0.25) is 0 Å². The standard InChI is InChI=1S/C11H12BrN3O3/c1-2-3-4-5-13-11(16)8-6-10(15(17)18)14-7-9(8)12/h2-3,6-7H,4-5H2,1H3,(H,13,16)/b3-2+. The monoisotopic (exact) mass is 313 g/mol. The predicted octanol–water partition coefficient (Wildman–Crippen LogP) is 2.45. The number of nitrogens with zero attached hydrogens (tertiary/aromatic N) is 2. The normalized spacial score (nSPS) is 10.6. The van der Waals surface area contributed by atoms with E-state index in [-0.39, 0.29) is 17.3 Å². The van der Waals surface area contributed by atoms with E-state index in [0.29, 0.717) is 17.4 Å². The van der Waals surface area contributed by atoms with Crippen molar-refractivity contribution in [2.24, 2.45) is 0 Å². The maximum atomic E-state index is 11.8. The zero-order valence-corrected chi connectivity index (χ0v) is 11.3. The Kier molecular flexibility index (Phi) is 5.44. The maximum absolute atomic E-state index is 11.8. The molecular weight excluding hydrogens is 302 g/mol. The summed E-state index contributed by atoms with van der Waals surface area (Å²) in [6, 6.07) is 1.15. The lowest BCUT2D eigenvalue weighted by molar-refractivity contribution is -0.389. The average molecular weight is 314 g/mol. The van der Waals surface area contributed by atoms with E-state index in [1.165, 1.54) is 6.20 Å². The second-order valence-corrected chi connectivity index (χ2v) is 4.25. The molecule has 18 heavy (non-hydrogen) atoms. The molecule has 0 fully saturated rings. The molecular formula is C11H12BrN3O3. The molecule has 0 aliphatic heterocycles. The summed E-state index contributed by atoms with van der Waals surface area (Å²) in [7, 11) is 0. The molecule has 0 saturated carbocycles. The SMILES string of the molecule is C/C=C/CCNC(=O)c1cc([N+](=O)[O-])ncc1Br. The number of nitro groups is 1. The molecule has 96 valence electrons. The summed E-state index contributed by atoms with van der Waals surface area (Å²) in [5.41, 5.74) is 0.206. The smallest absolute Gasteiger partial charge is 0.358 e. The van der Waals surface area contributed by atoms with Crippen molar-refractivity contribution in [2.45, 2.75) is 13.3 Å². The Morgan fingerprint density at radius 3 is 3.00 bits per heavy atom. The fourth-order valence-electron chi connectivity index (χ4n) is 1.23. The molecule has 0 aromatic carbocycles. The molecule has 1 amide bonds. The van der Waals surface area contributed by atoms with Crippen LogP contribution >= 0.6 is 15.9 Å². The van der Waals surface area contributed by atoms with Gasteiger partial charge in [0, 0.05) is 12.6 Å². The summed E-state index contributed by atoms with van der Waals surface area (Å²) in [6.45, 7) is 2.37. The van der Waals surface area contributed by atoms with Gasteiger partial charge >= 0.3 is 5.82 Å². The molecule has 1 N–H and O–H groups in total. The minimum Gasteiger partial charge on any atom is -0.358 e. The third-order valence-electron chi connectivity index (χ3n) is 2.10. The molecule has 0 bridgehead atoms. The number of pyridine rings is 1. The number of allylic oxidation sites excluding steroid dienone is 1. The second kappa shape index (κ2) is 6.85. The van der Waals surface area contributed by atoms with Gasteiger partial charge in [0.15, 0.2) is 6.20 Å². The van der Waals surface area contributed by atoms with E-state index in [4.69, 9.17) is 0 Å². The van der Waals surface area contributed by atoms with Gasteiger partial charge in [0.2, 0.25) is 0 Å². The highest BCUT2D eigenvalue weighted by molar-refractivity contribution is 9.10. The summed E-state index contributed by atoms with van der Waals surface area (Å²) >= 11 is 3.14. The quantitative estimate of drug-likeness (QED) is 0.391. The second-order valence-electron chi connectivity index (χ2n) is 3.39. The zero-order valence-electron chi connectivity index (χ0n) is 9.72. The van der Waals surface area contributed by atoms with E-state index in [9.17, 15) is 14.9 Å². The Labute approximate surface area is 112 Å². The molecule has 0 atom stereocenters. The Morgan fingerprint density at radius 1 is 1.67 bits per heavy atom. The van der Waals surface area contributed by atoms with Crippen LogP contribution in [0.1, 0.15) is 23.7 Å². The van der Waals surface area contributed by atoms with Crippen LogP contribution in [0.4, 0.5) is 5.82 Å². The number of aromatic nitrogens is 1. The zero-order chi connectivity index (χ0) is 13.5. The molecule has 6 nitrogen and oxygen atoms in total. The van der Waals surface area contributed by atoms with Crippen molar-refractivity contribution in [3.63, 3.8) is 0 Å². The van der Waals surface area contributed by atoms with Crippen LogP contribution in [0, 0.1) is 10.1 Å². The average Bonchev–Trinajstić information content (AvgIpc) is 2.34. The van der Waals surface area contributed by atoms with Gasteiger partial charge in [-0.15, -0.1) is 0 Å². The van der Waals surface area contributed by atoms with Gasteiger partial charge in [-0.05, 0) is 39.2 Å². The van der Waals surface area contributed by atoms with Crippen LogP contribution in [-0.2, 0) is 0 Å². The van der Waals surface area contributed by atoms with E-state index in [1.807, 2.05) is 19.1 Å². The Balaban J connectivity index is 2.78. The maximum Gasteiger partial charge on any atom is 0.364 e. The van der Waals surface area contributed by atoms with Crippen molar-refractivity contribution in [1.29, 1.82) is 0 Å². The van der Waals surface area contributed by atoms with Crippen LogP contribution in [-0.4, -0.2) is 22.4 Å². The molecule has 0 aliphatic rings. The number of hydrogen-bond acceptors (Lipinski definition) is 4. The van der Waals surface area contributed by atoms with Crippen LogP contribution in [0.5, 0.6) is 0 Å². The molecule has 0 unspecified atom stereocenters. The van der Waals surface area contributed by atoms with E-state index < -0.39 is 4.92 Å². The van der Waals surface area contributed by atoms with Crippen LogP contribution in [0.25, 0.3) is 0 Å². The number of nitrogens with one attached hydrogen (secondary N) is 1. The lowest BCUT2D eigenvalue weighted by Gasteiger charge is -2.04. The summed E-state index contributed by atoms with van der Waals surface area (Å²) < 4.78 is 0.427. The third kappa shape index (κ3) is 3.92. The largest absolute Gasteiger partial charge is 0.364 e. The summed E-state index contributed by atoms with van der Waals surface area (Å²) in [5, 5.41) is 13.2. The van der Waals surface area contributed by atoms with Gasteiger partial charge in [-0.2, -0.15) is 0 Å². The first-order valence-electron chi connectivity index (χ1n) is 5.25. The molecule has 0 saturated heterocycles. The van der Waals surface area contributed by atoms with E-state index in [0.717, 1.165) is 6.07 Å². The first-order valence-corrected chi connectivity index (χ1v) is 6.05. The van der Waals surface area contributed by atoms with Crippen molar-refractivity contribution in [3.8, 4) is 0 Å². The van der Waals surface area contributed by atoms with Gasteiger partial charge in [-0.1, -0.05) is 12.2 Å². The van der Waals surface area contributed by atoms with E-state index >= 15 is 0 Å². The third-order valence-corrected chi connectivity index (χ3v) is 2.74. The van der Waals surface area contributed by atoms with Gasteiger partial charge in [0.05, 0.1) is 10.0 Å². The highest BCUT2D eigenvalue weighted by Crippen LogP contribution is 2.19. The topological polar surface area (TPSA) is 85.1 Å². The minimum absolute atomic E-state index is 0.206. The number of halogens is 1. The number of rotatable bonds is 5. The highest BCUT2D eigenvalue weighted by atomic mass is 79.9. The fraction of sp³-hybridized carbons (Fsp3) is 0.273. The van der Waals surface area contributed by atoms with Crippen LogP contribution < -0.4 is 5.32 Å². The number of amides is 1. The van der Waals surface area contributed by atoms with Crippen molar-refractivity contribution < 1.29 is 9.72 Å². The Hall–Kier alpha value is -1.76. The van der Waals surface area contributed by atoms with Crippen molar-refractivity contribution in [3.05, 3.63) is 44.6 Å². The van der Waals surface area contributed by atoms with Crippen molar-refractivity contribution >= 4 is 27.7 Å². The van der Waals surface area contributed by atoms with Gasteiger partial charge in [-0.25, -0.2) is 0 Å². The first-order chi connectivity index (χ1) is 8.56. The Morgan fingerprint density at radius 2 is 2.39 bits per heavy atom. The van der Waals surface area contributed by atoms with Crippen molar-refractivity contribution in [2.75, 3.05) is 6.54 Å². The van der Waals surface area contributed by atoms with Crippen molar-refractivity contribution in [1.82, 2.24) is 10.3 Å². The van der Waals surface area contributed by atoms with Gasteiger partial charge in [-0.3, -0.25) is 4.79 Å². The molecule has 1 heterocycles. The lowest BCUT2D eigenvalue weighted by Crippen LogP contribution is -2.24. The van der Waals surface area contributed by atoms with Crippen LogP contribution in [0.3, 0.4) is 0 Å². The van der Waals surface area contributed by atoms with Gasteiger partial charge < -0.3 is 15.4 Å². The molecule has 1 rings (SSSR count). The van der Waals surface area contributed by atoms with Crippen LogP contribution in [0.15, 0.2) is 28.9 Å². The van der Waals surface area contributed by atoms with Gasteiger partial charge in [0.25, 0.3) is 5.91 Å². The molecule has 0 spiro atoms. The molecule has 7 heteroatoms. The molecule has 1 aromatic rings. The lowest BCUT2D eigenvalue weighted by atomic mass is 10.2. The number of carbonyl (C=O) groups is 1. The first kappa shape index (κ1) is 14.3. The van der Waals surface area contributed by atoms with Gasteiger partial charge in [0.1, 0.15) is 0 Å². The summed E-state index contributed by atoms with van der Waals surface area (Å²) in [5.74, 6) is -0.714. The molecule has 0 aliphatic carbocycles. The summed E-state index contributed by atoms with van der Waals surface area (Å²) in [4.78, 5) is 25.3. The minimum atomic E-state index is -0.636. The number of carbonyl (C=O) groups excluding carboxylic acids is 1. The van der Waals surface area contributed by atoms with E-state index in [1.54, 1.807) is 0 Å². The number of hydrogen-bond donors (Lipinski definition) is 1. The van der Waals surface area contributed by atoms with E-state index in [2.05, 4.69) is 26.2 Å². The fourth-order valence-corrected chi connectivity index (χ4v) is 1.63. The highest BCUT2D eigenvalue weighted by Gasteiger charge is 2.16. The predicted molar refractivity (Wildman–Crippen MR) is 70.4 cm³/mol. The summed E-state index contributed by atoms with van der Waals surface area (Å²) in [6.07, 6.45) is 5.77. The Bertz CT molecular complexity index is 488. The molecule has 1 aromatic heterocycles. The molecule has 0 radical (unpaired) electrons.